The molecule has 190 valence electrons. The maximum Gasteiger partial charge on any atom is 0.407 e. The Morgan fingerprint density at radius 3 is 2.17 bits per heavy atom. The molecule has 35 heavy (non-hydrogen) atoms. The van der Waals surface area contributed by atoms with Crippen LogP contribution in [-0.4, -0.2) is 56.2 Å². The Kier molecular flexibility index (Phi) is 10.6. The number of methoxy groups -OCH3 is 1. The van der Waals surface area contributed by atoms with Gasteiger partial charge in [-0.05, 0) is 30.2 Å². The molecule has 2 aromatic carbocycles. The number of nitrogens with one attached hydrogen (secondary N) is 2. The lowest BCUT2D eigenvalue weighted by Crippen LogP contribution is -2.54. The highest BCUT2D eigenvalue weighted by atomic mass is 19.3. The molecule has 0 aliphatic carbocycles. The fraction of sp³-hybridized carbons (Fsp3) is 0.400. The Balaban J connectivity index is 2.20. The standard InChI is InChI=1S/C25H31F2N3O5/c1-3-35-23(32)21(16-25(26,27)13-14-28)29-22(31)20(30-24(33)34-2)15-17-9-11-19(12-10-17)18-7-5-4-6-8-18/h4-12,20-21H,3,13-16,28H2,1-2H3,(H,29,31)(H,30,33)/t20-,21-/m0/s1. The predicted octanol–water partition coefficient (Wildman–Crippen LogP) is 3.04. The number of benzene rings is 2. The number of hydrogen-bond acceptors (Lipinski definition) is 6. The van der Waals surface area contributed by atoms with Gasteiger partial charge in [-0.2, -0.15) is 0 Å². The highest BCUT2D eigenvalue weighted by molar-refractivity contribution is 5.90. The number of carbonyl (C=O) groups is 3. The average molecular weight is 492 g/mol. The van der Waals surface area contributed by atoms with Crippen molar-refractivity contribution in [2.24, 2.45) is 5.73 Å². The van der Waals surface area contributed by atoms with E-state index in [1.165, 1.54) is 6.92 Å². The molecule has 2 aromatic rings. The summed E-state index contributed by atoms with van der Waals surface area (Å²) in [6.45, 7) is 1.18. The Morgan fingerprint density at radius 2 is 1.60 bits per heavy atom. The molecule has 0 aromatic heterocycles. The molecule has 0 saturated heterocycles. The Morgan fingerprint density at radius 1 is 0.971 bits per heavy atom. The zero-order valence-corrected chi connectivity index (χ0v) is 19.8. The molecule has 0 unspecified atom stereocenters. The van der Waals surface area contributed by atoms with Crippen molar-refractivity contribution in [3.63, 3.8) is 0 Å². The van der Waals surface area contributed by atoms with Gasteiger partial charge >= 0.3 is 12.1 Å². The fourth-order valence-electron chi connectivity index (χ4n) is 3.43. The maximum atomic E-state index is 14.2. The second-order valence-electron chi connectivity index (χ2n) is 7.87. The van der Waals surface area contributed by atoms with Gasteiger partial charge in [-0.15, -0.1) is 0 Å². The minimum absolute atomic E-state index is 0.0325. The van der Waals surface area contributed by atoms with Crippen molar-refractivity contribution < 1.29 is 32.6 Å². The first-order chi connectivity index (χ1) is 16.7. The molecule has 0 radical (unpaired) electrons. The third kappa shape index (κ3) is 8.97. The van der Waals surface area contributed by atoms with Crippen LogP contribution >= 0.6 is 0 Å². The van der Waals surface area contributed by atoms with Crippen molar-refractivity contribution in [2.45, 2.75) is 44.2 Å². The zero-order valence-electron chi connectivity index (χ0n) is 19.8. The van der Waals surface area contributed by atoms with Crippen LogP contribution in [0, 0.1) is 0 Å². The van der Waals surface area contributed by atoms with Gasteiger partial charge in [-0.1, -0.05) is 54.6 Å². The molecular formula is C25H31F2N3O5. The Labute approximate surface area is 203 Å². The first kappa shape index (κ1) is 27.7. The summed E-state index contributed by atoms with van der Waals surface area (Å²) in [5, 5.41) is 4.69. The lowest BCUT2D eigenvalue weighted by molar-refractivity contribution is -0.150. The zero-order chi connectivity index (χ0) is 25.8. The number of nitrogens with two attached hydrogens (primary N) is 1. The summed E-state index contributed by atoms with van der Waals surface area (Å²) in [6.07, 6.45) is -2.49. The van der Waals surface area contributed by atoms with Gasteiger partial charge in [-0.3, -0.25) is 4.79 Å². The SMILES string of the molecule is CCOC(=O)[C@H](CC(F)(F)CCN)NC(=O)[C@H](Cc1ccc(-c2ccccc2)cc1)NC(=O)OC. The van der Waals surface area contributed by atoms with Crippen molar-refractivity contribution in [1.29, 1.82) is 0 Å². The van der Waals surface area contributed by atoms with Gasteiger partial charge in [0.05, 0.1) is 13.7 Å². The molecule has 0 heterocycles. The Bertz CT molecular complexity index is 971. The summed E-state index contributed by atoms with van der Waals surface area (Å²) in [4.78, 5) is 37.1. The van der Waals surface area contributed by atoms with Crippen LogP contribution in [-0.2, 0) is 25.5 Å². The van der Waals surface area contributed by atoms with E-state index in [-0.39, 0.29) is 19.6 Å². The first-order valence-electron chi connectivity index (χ1n) is 11.2. The van der Waals surface area contributed by atoms with Crippen molar-refractivity contribution in [3.8, 4) is 11.1 Å². The summed E-state index contributed by atoms with van der Waals surface area (Å²) in [7, 11) is 1.13. The molecule has 2 rings (SSSR count). The van der Waals surface area contributed by atoms with Crippen LogP contribution in [0.4, 0.5) is 13.6 Å². The molecule has 0 bridgehead atoms. The molecule has 4 N–H and O–H groups in total. The topological polar surface area (TPSA) is 120 Å². The van der Waals surface area contributed by atoms with Gasteiger partial charge in [0.15, 0.2) is 0 Å². The van der Waals surface area contributed by atoms with Gasteiger partial charge in [0.25, 0.3) is 5.92 Å². The minimum Gasteiger partial charge on any atom is -0.464 e. The van der Waals surface area contributed by atoms with Crippen LogP contribution in [0.25, 0.3) is 11.1 Å². The lowest BCUT2D eigenvalue weighted by Gasteiger charge is -2.25. The number of amides is 2. The molecule has 0 aliphatic rings. The smallest absolute Gasteiger partial charge is 0.407 e. The van der Waals surface area contributed by atoms with E-state index in [0.29, 0.717) is 5.56 Å². The van der Waals surface area contributed by atoms with Gasteiger partial charge in [0, 0.05) is 19.3 Å². The molecule has 0 saturated carbocycles. The van der Waals surface area contributed by atoms with Gasteiger partial charge in [0.1, 0.15) is 12.1 Å². The summed E-state index contributed by atoms with van der Waals surface area (Å²) < 4.78 is 37.8. The van der Waals surface area contributed by atoms with E-state index in [4.69, 9.17) is 10.5 Å². The number of ether oxygens (including phenoxy) is 2. The number of alkyl halides is 2. The average Bonchev–Trinajstić information content (AvgIpc) is 2.84. The van der Waals surface area contributed by atoms with E-state index < -0.39 is 48.8 Å². The molecule has 0 spiro atoms. The molecular weight excluding hydrogens is 460 g/mol. The quantitative estimate of drug-likeness (QED) is 0.393. The summed E-state index contributed by atoms with van der Waals surface area (Å²) in [5.41, 5.74) is 7.90. The molecule has 2 amide bonds. The van der Waals surface area contributed by atoms with E-state index >= 15 is 0 Å². The van der Waals surface area contributed by atoms with Crippen LogP contribution in [0.1, 0.15) is 25.3 Å². The van der Waals surface area contributed by atoms with Crippen molar-refractivity contribution >= 4 is 18.0 Å². The van der Waals surface area contributed by atoms with E-state index in [1.54, 1.807) is 12.1 Å². The first-order valence-corrected chi connectivity index (χ1v) is 11.2. The molecule has 8 nitrogen and oxygen atoms in total. The lowest BCUT2D eigenvalue weighted by atomic mass is 9.99. The highest BCUT2D eigenvalue weighted by Crippen LogP contribution is 2.25. The maximum absolute atomic E-state index is 14.2. The van der Waals surface area contributed by atoms with Crippen LogP contribution in [0.15, 0.2) is 54.6 Å². The van der Waals surface area contributed by atoms with Crippen molar-refractivity contribution in [3.05, 3.63) is 60.2 Å². The van der Waals surface area contributed by atoms with Crippen molar-refractivity contribution in [2.75, 3.05) is 20.3 Å². The number of rotatable bonds is 12. The summed E-state index contributed by atoms with van der Waals surface area (Å²) in [5.74, 6) is -5.12. The second kappa shape index (κ2) is 13.4. The van der Waals surface area contributed by atoms with Gasteiger partial charge < -0.3 is 25.8 Å². The summed E-state index contributed by atoms with van der Waals surface area (Å²) in [6, 6.07) is 14.2. The van der Waals surface area contributed by atoms with Gasteiger partial charge in [-0.25, -0.2) is 18.4 Å². The molecule has 10 heteroatoms. The van der Waals surface area contributed by atoms with Crippen LogP contribution < -0.4 is 16.4 Å². The monoisotopic (exact) mass is 491 g/mol. The Hall–Kier alpha value is -3.53. The fourth-order valence-corrected chi connectivity index (χ4v) is 3.43. The van der Waals surface area contributed by atoms with Gasteiger partial charge in [0.2, 0.25) is 5.91 Å². The minimum atomic E-state index is -3.29. The highest BCUT2D eigenvalue weighted by Gasteiger charge is 2.37. The molecule has 0 aliphatic heterocycles. The third-order valence-electron chi connectivity index (χ3n) is 5.20. The number of alkyl carbamates (subject to hydrolysis) is 1. The van der Waals surface area contributed by atoms with E-state index in [2.05, 4.69) is 15.4 Å². The van der Waals surface area contributed by atoms with E-state index in [9.17, 15) is 23.2 Å². The number of hydrogen-bond donors (Lipinski definition) is 3. The predicted molar refractivity (Wildman–Crippen MR) is 127 cm³/mol. The molecule has 2 atom stereocenters. The van der Waals surface area contributed by atoms with Crippen molar-refractivity contribution in [1.82, 2.24) is 10.6 Å². The number of esters is 1. The van der Waals surface area contributed by atoms with Crippen LogP contribution in [0.2, 0.25) is 0 Å². The largest absolute Gasteiger partial charge is 0.464 e. The van der Waals surface area contributed by atoms with E-state index in [0.717, 1.165) is 18.2 Å². The molecule has 0 fully saturated rings. The number of carbonyl (C=O) groups excluding carboxylic acids is 3. The number of halogens is 2. The van der Waals surface area contributed by atoms with Crippen LogP contribution in [0.3, 0.4) is 0 Å². The summed E-state index contributed by atoms with van der Waals surface area (Å²) >= 11 is 0. The second-order valence-corrected chi connectivity index (χ2v) is 7.87. The van der Waals surface area contributed by atoms with Crippen LogP contribution in [0.5, 0.6) is 0 Å². The third-order valence-corrected chi connectivity index (χ3v) is 5.20. The van der Waals surface area contributed by atoms with E-state index in [1.807, 2.05) is 42.5 Å². The normalized spacial score (nSPS) is 12.8.